The second-order valence-electron chi connectivity index (χ2n) is 5.51. The molecule has 0 atom stereocenters. The van der Waals surface area contributed by atoms with E-state index in [1.54, 1.807) is 17.5 Å². The van der Waals surface area contributed by atoms with Gasteiger partial charge in [-0.25, -0.2) is 4.98 Å². The largest absolute Gasteiger partial charge is 0.381 e. The van der Waals surface area contributed by atoms with Crippen LogP contribution in [0.25, 0.3) is 20.9 Å². The minimum atomic E-state index is 0.00173. The Kier molecular flexibility index (Phi) is 3.80. The molecule has 1 aromatic carbocycles. The van der Waals surface area contributed by atoms with Crippen LogP contribution in [-0.4, -0.2) is 34.3 Å². The van der Waals surface area contributed by atoms with Crippen molar-refractivity contribution in [1.29, 1.82) is 0 Å². The van der Waals surface area contributed by atoms with Gasteiger partial charge in [-0.1, -0.05) is 12.1 Å². The number of hydrogen-bond acceptors (Lipinski definition) is 5. The Morgan fingerprint density at radius 2 is 2.13 bits per heavy atom. The van der Waals surface area contributed by atoms with E-state index in [1.807, 2.05) is 24.3 Å². The van der Waals surface area contributed by atoms with Crippen molar-refractivity contribution in [1.82, 2.24) is 15.2 Å². The molecule has 4 rings (SSSR count). The molecule has 1 aliphatic rings. The van der Waals surface area contributed by atoms with E-state index >= 15 is 0 Å². The number of carbonyl (C=O) groups excluding carboxylic acids is 1. The maximum atomic E-state index is 12.4. The molecular formula is C16H16N4O2S. The van der Waals surface area contributed by atoms with Gasteiger partial charge in [-0.2, -0.15) is 5.10 Å². The first-order valence-corrected chi connectivity index (χ1v) is 8.41. The molecule has 3 aromatic rings. The Bertz CT molecular complexity index is 802. The number of anilines is 1. The number of para-hydroxylation sites is 1. The minimum absolute atomic E-state index is 0.00173. The first-order valence-electron chi connectivity index (χ1n) is 7.59. The van der Waals surface area contributed by atoms with E-state index in [1.165, 1.54) is 0 Å². The maximum Gasteiger partial charge on any atom is 0.227 e. The molecule has 1 fully saturated rings. The van der Waals surface area contributed by atoms with Crippen LogP contribution in [0.1, 0.15) is 12.8 Å². The summed E-state index contributed by atoms with van der Waals surface area (Å²) in [6.45, 7) is 1.29. The fourth-order valence-electron chi connectivity index (χ4n) is 2.72. The van der Waals surface area contributed by atoms with Gasteiger partial charge in [0.1, 0.15) is 10.7 Å². The van der Waals surface area contributed by atoms with Crippen LogP contribution in [0, 0.1) is 5.92 Å². The number of amides is 1. The molecule has 1 amide bonds. The lowest BCUT2D eigenvalue weighted by Crippen LogP contribution is -2.28. The molecule has 2 N–H and O–H groups in total. The average molecular weight is 328 g/mol. The van der Waals surface area contributed by atoms with E-state index in [0.717, 1.165) is 28.1 Å². The summed E-state index contributed by atoms with van der Waals surface area (Å²) < 4.78 is 6.41. The SMILES string of the molecule is O=C(Nc1c[nH]nc1-c1nc2ccccc2s1)C1CCOCC1. The fraction of sp³-hybridized carbons (Fsp3) is 0.312. The maximum absolute atomic E-state index is 12.4. The number of H-pyrrole nitrogens is 1. The van der Waals surface area contributed by atoms with Crippen LogP contribution in [0.4, 0.5) is 5.69 Å². The van der Waals surface area contributed by atoms with Crippen molar-refractivity contribution in [2.45, 2.75) is 12.8 Å². The van der Waals surface area contributed by atoms with Crippen molar-refractivity contribution in [2.24, 2.45) is 5.92 Å². The van der Waals surface area contributed by atoms with Crippen LogP contribution < -0.4 is 5.32 Å². The molecule has 3 heterocycles. The van der Waals surface area contributed by atoms with Crippen LogP contribution in [0.5, 0.6) is 0 Å². The molecule has 118 valence electrons. The molecule has 0 bridgehead atoms. The standard InChI is InChI=1S/C16H16N4O2S/c21-15(10-5-7-22-8-6-10)18-12-9-17-20-14(12)16-19-11-3-1-2-4-13(11)23-16/h1-4,9-10H,5-8H2,(H,17,20)(H,18,21). The fourth-order valence-corrected chi connectivity index (χ4v) is 3.69. The van der Waals surface area contributed by atoms with Gasteiger partial charge >= 0.3 is 0 Å². The summed E-state index contributed by atoms with van der Waals surface area (Å²) in [5, 5.41) is 10.9. The van der Waals surface area contributed by atoms with Crippen molar-refractivity contribution < 1.29 is 9.53 Å². The van der Waals surface area contributed by atoms with Gasteiger partial charge in [0.2, 0.25) is 5.91 Å². The summed E-state index contributed by atoms with van der Waals surface area (Å²) >= 11 is 1.57. The number of thiazole rings is 1. The Morgan fingerprint density at radius 1 is 1.30 bits per heavy atom. The number of benzene rings is 1. The van der Waals surface area contributed by atoms with Crippen molar-refractivity contribution in [3.8, 4) is 10.7 Å². The molecule has 0 radical (unpaired) electrons. The molecule has 0 aliphatic carbocycles. The number of carbonyl (C=O) groups is 1. The highest BCUT2D eigenvalue weighted by molar-refractivity contribution is 7.21. The van der Waals surface area contributed by atoms with Crippen molar-refractivity contribution in [3.05, 3.63) is 30.5 Å². The molecule has 0 spiro atoms. The van der Waals surface area contributed by atoms with E-state index in [2.05, 4.69) is 20.5 Å². The summed E-state index contributed by atoms with van der Waals surface area (Å²) in [4.78, 5) is 17.0. The monoisotopic (exact) mass is 328 g/mol. The van der Waals surface area contributed by atoms with Crippen molar-refractivity contribution in [3.63, 3.8) is 0 Å². The number of aromatic amines is 1. The number of hydrogen-bond donors (Lipinski definition) is 2. The zero-order chi connectivity index (χ0) is 15.6. The third-order valence-corrected chi connectivity index (χ3v) is 5.03. The second kappa shape index (κ2) is 6.10. The van der Waals surface area contributed by atoms with Gasteiger partial charge < -0.3 is 10.1 Å². The Balaban J connectivity index is 1.59. The van der Waals surface area contributed by atoms with E-state index in [9.17, 15) is 4.79 Å². The van der Waals surface area contributed by atoms with Crippen molar-refractivity contribution in [2.75, 3.05) is 18.5 Å². The van der Waals surface area contributed by atoms with Gasteiger partial charge in [0.15, 0.2) is 0 Å². The number of fused-ring (bicyclic) bond motifs is 1. The van der Waals surface area contributed by atoms with Crippen LogP contribution in [0.15, 0.2) is 30.5 Å². The van der Waals surface area contributed by atoms with Crippen molar-refractivity contribution >= 4 is 33.1 Å². The Labute approximate surface area is 136 Å². The summed E-state index contributed by atoms with van der Waals surface area (Å²) in [6, 6.07) is 7.96. The van der Waals surface area contributed by atoms with Crippen LogP contribution in [-0.2, 0) is 9.53 Å². The molecule has 0 saturated carbocycles. The molecule has 2 aromatic heterocycles. The van der Waals surface area contributed by atoms with Gasteiger partial charge in [0.25, 0.3) is 0 Å². The molecule has 23 heavy (non-hydrogen) atoms. The third kappa shape index (κ3) is 2.85. The first kappa shape index (κ1) is 14.3. The number of ether oxygens (including phenoxy) is 1. The van der Waals surface area contributed by atoms with Gasteiger partial charge in [0.05, 0.1) is 15.9 Å². The highest BCUT2D eigenvalue weighted by atomic mass is 32.1. The normalized spacial score (nSPS) is 15.8. The Morgan fingerprint density at radius 3 is 2.96 bits per heavy atom. The summed E-state index contributed by atoms with van der Waals surface area (Å²) in [7, 11) is 0. The predicted molar refractivity (Wildman–Crippen MR) is 89.4 cm³/mol. The number of nitrogens with one attached hydrogen (secondary N) is 2. The average Bonchev–Trinajstić information content (AvgIpc) is 3.21. The Hall–Kier alpha value is -2.25. The summed E-state index contributed by atoms with van der Waals surface area (Å²) in [5.41, 5.74) is 2.31. The van der Waals surface area contributed by atoms with Gasteiger partial charge in [-0.3, -0.25) is 9.89 Å². The minimum Gasteiger partial charge on any atom is -0.381 e. The van der Waals surface area contributed by atoms with Crippen LogP contribution >= 0.6 is 11.3 Å². The van der Waals surface area contributed by atoms with E-state index in [0.29, 0.717) is 24.6 Å². The molecule has 6 nitrogen and oxygen atoms in total. The van der Waals surface area contributed by atoms with Crippen LogP contribution in [0.3, 0.4) is 0 Å². The quantitative estimate of drug-likeness (QED) is 0.774. The molecule has 0 unspecified atom stereocenters. The molecule has 1 aliphatic heterocycles. The lowest BCUT2D eigenvalue weighted by Gasteiger charge is -2.20. The molecular weight excluding hydrogens is 312 g/mol. The van der Waals surface area contributed by atoms with Gasteiger partial charge in [-0.15, -0.1) is 11.3 Å². The smallest absolute Gasteiger partial charge is 0.227 e. The molecule has 7 heteroatoms. The number of nitrogens with zero attached hydrogens (tertiary/aromatic N) is 2. The van der Waals surface area contributed by atoms with Crippen LogP contribution in [0.2, 0.25) is 0 Å². The summed E-state index contributed by atoms with van der Waals surface area (Å²) in [6.07, 6.45) is 3.24. The summed E-state index contributed by atoms with van der Waals surface area (Å²) in [5.74, 6) is 0.0268. The van der Waals surface area contributed by atoms with Gasteiger partial charge in [0, 0.05) is 25.3 Å². The zero-order valence-electron chi connectivity index (χ0n) is 12.4. The highest BCUT2D eigenvalue weighted by Gasteiger charge is 2.23. The lowest BCUT2D eigenvalue weighted by molar-refractivity contribution is -0.122. The third-order valence-electron chi connectivity index (χ3n) is 3.99. The predicted octanol–water partition coefficient (Wildman–Crippen LogP) is 3.05. The van der Waals surface area contributed by atoms with E-state index in [4.69, 9.17) is 4.74 Å². The zero-order valence-corrected chi connectivity index (χ0v) is 13.2. The topological polar surface area (TPSA) is 79.9 Å². The number of rotatable bonds is 3. The van der Waals surface area contributed by atoms with Gasteiger partial charge in [-0.05, 0) is 25.0 Å². The first-order chi connectivity index (χ1) is 11.3. The number of aromatic nitrogens is 3. The second-order valence-corrected chi connectivity index (χ2v) is 6.54. The van der Waals surface area contributed by atoms with E-state index in [-0.39, 0.29) is 11.8 Å². The highest BCUT2D eigenvalue weighted by Crippen LogP contribution is 2.33. The lowest BCUT2D eigenvalue weighted by atomic mass is 9.99. The molecule has 1 saturated heterocycles. The van der Waals surface area contributed by atoms with E-state index < -0.39 is 0 Å².